The molecule has 0 atom stereocenters. The van der Waals surface area contributed by atoms with Gasteiger partial charge in [0.15, 0.2) is 15.6 Å². The van der Waals surface area contributed by atoms with E-state index < -0.39 is 9.84 Å². The molecule has 29 heavy (non-hydrogen) atoms. The predicted octanol–water partition coefficient (Wildman–Crippen LogP) is 3.67. The number of carbonyl (C=O) groups excluding carboxylic acids is 1. The Morgan fingerprint density at radius 3 is 2.28 bits per heavy atom. The van der Waals surface area contributed by atoms with Crippen molar-refractivity contribution in [3.63, 3.8) is 0 Å². The van der Waals surface area contributed by atoms with Gasteiger partial charge in [-0.1, -0.05) is 18.2 Å². The van der Waals surface area contributed by atoms with E-state index in [1.807, 2.05) is 0 Å². The third-order valence-electron chi connectivity index (χ3n) is 4.19. The number of carbonyl (C=O) groups is 1. The van der Waals surface area contributed by atoms with E-state index >= 15 is 0 Å². The zero-order chi connectivity index (χ0) is 21.0. The van der Waals surface area contributed by atoms with E-state index in [2.05, 4.69) is 0 Å². The molecule has 3 rings (SSSR count). The maximum Gasteiger partial charge on any atom is 0.185 e. The van der Waals surface area contributed by atoms with E-state index in [0.717, 1.165) is 0 Å². The van der Waals surface area contributed by atoms with Crippen molar-refractivity contribution in [1.82, 2.24) is 0 Å². The maximum absolute atomic E-state index is 12.5. The second-order valence-corrected chi connectivity index (χ2v) is 8.38. The average Bonchev–Trinajstić information content (AvgIpc) is 2.68. The normalized spacial score (nSPS) is 11.6. The number of sulfone groups is 1. The Morgan fingerprint density at radius 2 is 1.55 bits per heavy atom. The lowest BCUT2D eigenvalue weighted by Gasteiger charge is -2.06. The van der Waals surface area contributed by atoms with Gasteiger partial charge in [-0.15, -0.1) is 0 Å². The summed E-state index contributed by atoms with van der Waals surface area (Å²) in [4.78, 5) is 12.5. The largest absolute Gasteiger partial charge is 0.508 e. The Balaban J connectivity index is 1.80. The van der Waals surface area contributed by atoms with Gasteiger partial charge in [0.1, 0.15) is 17.2 Å². The zero-order valence-corrected chi connectivity index (χ0v) is 16.0. The van der Waals surface area contributed by atoms with Crippen LogP contribution < -0.4 is 0 Å². The van der Waals surface area contributed by atoms with Crippen molar-refractivity contribution in [2.75, 3.05) is 0 Å². The zero-order valence-electron chi connectivity index (χ0n) is 15.2. The third kappa shape index (κ3) is 5.03. The second-order valence-electron chi connectivity index (χ2n) is 6.39. The number of phenols is 3. The van der Waals surface area contributed by atoms with E-state index in [9.17, 15) is 28.5 Å². The molecule has 0 aliphatic rings. The highest BCUT2D eigenvalue weighted by Crippen LogP contribution is 2.24. The van der Waals surface area contributed by atoms with Crippen molar-refractivity contribution < 1.29 is 28.5 Å². The van der Waals surface area contributed by atoms with Crippen LogP contribution in [0.2, 0.25) is 0 Å². The first-order valence-corrected chi connectivity index (χ1v) is 10.2. The van der Waals surface area contributed by atoms with Gasteiger partial charge in [0.05, 0.1) is 10.6 Å². The number of hydrogen-bond acceptors (Lipinski definition) is 6. The number of allylic oxidation sites excluding steroid dienone is 1. The summed E-state index contributed by atoms with van der Waals surface area (Å²) < 4.78 is 25.1. The summed E-state index contributed by atoms with van der Waals surface area (Å²) in [5, 5.41) is 28.5. The van der Waals surface area contributed by atoms with Crippen molar-refractivity contribution in [3.05, 3.63) is 89.5 Å². The predicted molar refractivity (Wildman–Crippen MR) is 109 cm³/mol. The van der Waals surface area contributed by atoms with Crippen LogP contribution in [0.1, 0.15) is 21.5 Å². The molecule has 0 saturated carbocycles. The molecular weight excluding hydrogens is 392 g/mol. The maximum atomic E-state index is 12.5. The smallest absolute Gasteiger partial charge is 0.185 e. The summed E-state index contributed by atoms with van der Waals surface area (Å²) in [7, 11) is -3.64. The van der Waals surface area contributed by atoms with Gasteiger partial charge in [-0.2, -0.15) is 0 Å². The van der Waals surface area contributed by atoms with Gasteiger partial charge in [0, 0.05) is 11.1 Å². The van der Waals surface area contributed by atoms with Crippen LogP contribution in [0.4, 0.5) is 0 Å². The fourth-order valence-electron chi connectivity index (χ4n) is 2.71. The molecule has 0 radical (unpaired) electrons. The van der Waals surface area contributed by atoms with Crippen molar-refractivity contribution >= 4 is 21.7 Å². The molecule has 3 aromatic rings. The van der Waals surface area contributed by atoms with E-state index in [1.165, 1.54) is 60.7 Å². The third-order valence-corrected chi connectivity index (χ3v) is 5.89. The van der Waals surface area contributed by atoms with Crippen LogP contribution >= 0.6 is 0 Å². The lowest BCUT2D eigenvalue weighted by Crippen LogP contribution is -2.06. The Labute approximate surface area is 167 Å². The molecule has 0 heterocycles. The molecule has 7 heteroatoms. The van der Waals surface area contributed by atoms with Crippen molar-refractivity contribution in [2.24, 2.45) is 0 Å². The number of benzene rings is 3. The van der Waals surface area contributed by atoms with Crippen LogP contribution in [0.5, 0.6) is 17.2 Å². The number of rotatable bonds is 6. The summed E-state index contributed by atoms with van der Waals surface area (Å²) in [5.41, 5.74) is 1.02. The van der Waals surface area contributed by atoms with E-state index in [4.69, 9.17) is 0 Å². The number of ketones is 1. The SMILES string of the molecule is O=C(/C=C/c1cc(O)ccc1O)c1cccc(CS(=O)(=O)c2ccc(O)cc2)c1. The number of phenolic OH excluding ortho intramolecular Hbond substituents is 3. The fourth-order valence-corrected chi connectivity index (χ4v) is 4.04. The molecule has 0 unspecified atom stereocenters. The highest BCUT2D eigenvalue weighted by atomic mass is 32.2. The standard InChI is InChI=1S/C22H18O6S/c23-18-5-8-20(9-6-18)29(27,28)14-15-2-1-3-16(12-15)21(25)10-4-17-13-19(24)7-11-22(17)26/h1-13,23-24,26H,14H2/b10-4+. The quantitative estimate of drug-likeness (QED) is 0.325. The first-order valence-electron chi connectivity index (χ1n) is 8.60. The molecule has 6 nitrogen and oxygen atoms in total. The fraction of sp³-hybridized carbons (Fsp3) is 0.0455. The molecule has 0 spiro atoms. The molecule has 0 saturated heterocycles. The molecule has 0 aliphatic heterocycles. The van der Waals surface area contributed by atoms with Crippen molar-refractivity contribution in [1.29, 1.82) is 0 Å². The van der Waals surface area contributed by atoms with Gasteiger partial charge >= 0.3 is 0 Å². The first kappa shape index (κ1) is 20.2. The summed E-state index contributed by atoms with van der Waals surface area (Å²) in [6, 6.07) is 15.5. The summed E-state index contributed by atoms with van der Waals surface area (Å²) in [6.45, 7) is 0. The van der Waals surface area contributed by atoms with E-state index in [0.29, 0.717) is 11.1 Å². The topological polar surface area (TPSA) is 112 Å². The minimum atomic E-state index is -3.64. The molecule has 3 aromatic carbocycles. The van der Waals surface area contributed by atoms with Crippen molar-refractivity contribution in [2.45, 2.75) is 10.6 Å². The van der Waals surface area contributed by atoms with Crippen molar-refractivity contribution in [3.8, 4) is 17.2 Å². The molecule has 0 aliphatic carbocycles. The van der Waals surface area contributed by atoms with Gasteiger partial charge in [0.2, 0.25) is 0 Å². The summed E-state index contributed by atoms with van der Waals surface area (Å²) in [5.74, 6) is -0.828. The first-order chi connectivity index (χ1) is 13.7. The van der Waals surface area contributed by atoms with Crippen LogP contribution in [0.15, 0.2) is 77.7 Å². The van der Waals surface area contributed by atoms with Crippen LogP contribution in [0.3, 0.4) is 0 Å². The van der Waals surface area contributed by atoms with Crippen LogP contribution in [0.25, 0.3) is 6.08 Å². The molecule has 0 fully saturated rings. The lowest BCUT2D eigenvalue weighted by molar-refractivity contribution is 0.104. The Kier molecular flexibility index (Phi) is 5.70. The summed E-state index contributed by atoms with van der Waals surface area (Å²) in [6.07, 6.45) is 2.61. The molecule has 0 aromatic heterocycles. The van der Waals surface area contributed by atoms with Gasteiger partial charge in [-0.3, -0.25) is 4.79 Å². The summed E-state index contributed by atoms with van der Waals surface area (Å²) >= 11 is 0. The van der Waals surface area contributed by atoms with Crippen LogP contribution in [-0.2, 0) is 15.6 Å². The Hall–Kier alpha value is -3.58. The van der Waals surface area contributed by atoms with Crippen LogP contribution in [-0.4, -0.2) is 29.5 Å². The molecule has 3 N–H and O–H groups in total. The minimum Gasteiger partial charge on any atom is -0.508 e. The molecule has 0 amide bonds. The highest BCUT2D eigenvalue weighted by molar-refractivity contribution is 7.90. The molecule has 148 valence electrons. The minimum absolute atomic E-state index is 0.0268. The van der Waals surface area contributed by atoms with Gasteiger partial charge in [-0.25, -0.2) is 8.42 Å². The second kappa shape index (κ2) is 8.20. The van der Waals surface area contributed by atoms with Gasteiger partial charge < -0.3 is 15.3 Å². The van der Waals surface area contributed by atoms with Gasteiger partial charge in [-0.05, 0) is 66.2 Å². The monoisotopic (exact) mass is 410 g/mol. The number of hydrogen-bond donors (Lipinski definition) is 3. The van der Waals surface area contributed by atoms with E-state index in [-0.39, 0.29) is 39.2 Å². The van der Waals surface area contributed by atoms with E-state index in [1.54, 1.807) is 18.2 Å². The number of aromatic hydroxyl groups is 3. The molecular formula is C22H18O6S. The lowest BCUT2D eigenvalue weighted by atomic mass is 10.1. The molecule has 0 bridgehead atoms. The van der Waals surface area contributed by atoms with Crippen LogP contribution in [0, 0.1) is 0 Å². The average molecular weight is 410 g/mol. The Morgan fingerprint density at radius 1 is 0.862 bits per heavy atom. The van der Waals surface area contributed by atoms with Gasteiger partial charge in [0.25, 0.3) is 0 Å². The highest BCUT2D eigenvalue weighted by Gasteiger charge is 2.16. The Bertz CT molecular complexity index is 1180.